The van der Waals surface area contributed by atoms with Gasteiger partial charge < -0.3 is 9.64 Å². The summed E-state index contributed by atoms with van der Waals surface area (Å²) in [4.78, 5) is 13.3. The molecule has 1 aliphatic carbocycles. The van der Waals surface area contributed by atoms with Gasteiger partial charge in [0.15, 0.2) is 0 Å². The zero-order valence-corrected chi connectivity index (χ0v) is 13.1. The monoisotopic (exact) mass is 329 g/mol. The maximum absolute atomic E-state index is 13.2. The SMILES string of the molecule is O=C(N1C[C@]23C=C[C@@H](C[C@H]2CC12CCCCCC2)O3)C(F)(F)F. The number of piperidine rings is 1. The molecule has 4 aliphatic rings. The molecule has 1 amide bonds. The minimum atomic E-state index is -4.82. The maximum Gasteiger partial charge on any atom is 0.471 e. The number of carbonyl (C=O) groups is 1. The highest BCUT2D eigenvalue weighted by atomic mass is 19.4. The molecule has 1 saturated carbocycles. The number of amides is 1. The van der Waals surface area contributed by atoms with Gasteiger partial charge in [0.1, 0.15) is 5.60 Å². The lowest BCUT2D eigenvalue weighted by molar-refractivity contribution is -0.202. The Morgan fingerprint density at radius 1 is 1.17 bits per heavy atom. The van der Waals surface area contributed by atoms with E-state index in [2.05, 4.69) is 0 Å². The van der Waals surface area contributed by atoms with Crippen molar-refractivity contribution in [3.05, 3.63) is 12.2 Å². The summed E-state index contributed by atoms with van der Waals surface area (Å²) in [6.45, 7) is 0.0585. The molecule has 0 aromatic carbocycles. The maximum atomic E-state index is 13.2. The molecule has 3 fully saturated rings. The summed E-state index contributed by atoms with van der Waals surface area (Å²) in [6, 6.07) is 0. The van der Waals surface area contributed by atoms with E-state index in [1.54, 1.807) is 0 Å². The van der Waals surface area contributed by atoms with Crippen LogP contribution in [0.15, 0.2) is 12.2 Å². The van der Waals surface area contributed by atoms with Gasteiger partial charge in [0.25, 0.3) is 0 Å². The van der Waals surface area contributed by atoms with Crippen LogP contribution in [0.5, 0.6) is 0 Å². The molecule has 128 valence electrons. The molecule has 0 unspecified atom stereocenters. The lowest BCUT2D eigenvalue weighted by atomic mass is 9.67. The van der Waals surface area contributed by atoms with Crippen LogP contribution in [-0.2, 0) is 9.53 Å². The average Bonchev–Trinajstić information content (AvgIpc) is 2.95. The molecular formula is C17H22F3NO2. The number of hydrogen-bond acceptors (Lipinski definition) is 2. The van der Waals surface area contributed by atoms with Gasteiger partial charge in [-0.1, -0.05) is 37.8 Å². The Kier molecular flexibility index (Phi) is 3.35. The molecular weight excluding hydrogens is 307 g/mol. The number of carbonyl (C=O) groups excluding carboxylic acids is 1. The summed E-state index contributed by atoms with van der Waals surface area (Å²) in [6.07, 6.45) is 5.86. The minimum Gasteiger partial charge on any atom is -0.361 e. The molecule has 23 heavy (non-hydrogen) atoms. The summed E-state index contributed by atoms with van der Waals surface area (Å²) in [5.41, 5.74) is -1.30. The zero-order chi connectivity index (χ0) is 16.3. The van der Waals surface area contributed by atoms with E-state index in [4.69, 9.17) is 4.74 Å². The van der Waals surface area contributed by atoms with Gasteiger partial charge in [0.05, 0.1) is 12.6 Å². The molecule has 2 saturated heterocycles. The average molecular weight is 329 g/mol. The van der Waals surface area contributed by atoms with E-state index >= 15 is 0 Å². The zero-order valence-electron chi connectivity index (χ0n) is 13.1. The van der Waals surface area contributed by atoms with E-state index in [1.165, 1.54) is 0 Å². The largest absolute Gasteiger partial charge is 0.471 e. The van der Waals surface area contributed by atoms with Crippen molar-refractivity contribution in [1.29, 1.82) is 0 Å². The van der Waals surface area contributed by atoms with Crippen LogP contribution in [0.1, 0.15) is 51.4 Å². The first-order chi connectivity index (χ1) is 10.8. The lowest BCUT2D eigenvalue weighted by Gasteiger charge is -2.54. The highest BCUT2D eigenvalue weighted by Gasteiger charge is 2.62. The number of rotatable bonds is 0. The summed E-state index contributed by atoms with van der Waals surface area (Å²) in [5, 5.41) is 0. The van der Waals surface area contributed by atoms with Crippen LogP contribution in [0.2, 0.25) is 0 Å². The van der Waals surface area contributed by atoms with Crippen LogP contribution in [0.25, 0.3) is 0 Å². The number of alkyl halides is 3. The Hall–Kier alpha value is -1.04. The fraction of sp³-hybridized carbons (Fsp3) is 0.824. The number of nitrogens with zero attached hydrogens (tertiary/aromatic N) is 1. The van der Waals surface area contributed by atoms with Crippen molar-refractivity contribution in [1.82, 2.24) is 4.90 Å². The summed E-state index contributed by atoms with van der Waals surface area (Å²) < 4.78 is 45.6. The Labute approximate surface area is 133 Å². The molecule has 6 heteroatoms. The molecule has 3 heterocycles. The standard InChI is InChI=1S/C17H22F3NO2/c18-17(19,20)14(22)21-11-16-8-5-13(23-16)9-12(16)10-15(21)6-3-1-2-4-7-15/h5,8,12-13H,1-4,6-7,9-11H2/t12-,13-,16+/m0/s1. The fourth-order valence-electron chi connectivity index (χ4n) is 5.23. The molecule has 0 aromatic heterocycles. The van der Waals surface area contributed by atoms with Gasteiger partial charge in [0, 0.05) is 5.54 Å². The number of fused-ring (bicyclic) bond motifs is 1. The van der Waals surface area contributed by atoms with E-state index < -0.39 is 23.2 Å². The second-order valence-corrected chi connectivity index (χ2v) is 7.63. The van der Waals surface area contributed by atoms with Gasteiger partial charge in [-0.15, -0.1) is 0 Å². The topological polar surface area (TPSA) is 29.5 Å². The first-order valence-corrected chi connectivity index (χ1v) is 8.61. The van der Waals surface area contributed by atoms with Crippen LogP contribution in [-0.4, -0.2) is 40.8 Å². The molecule has 0 aromatic rings. The summed E-state index contributed by atoms with van der Waals surface area (Å²) >= 11 is 0. The normalized spacial score (nSPS) is 38.7. The number of hydrogen-bond donors (Lipinski definition) is 0. The van der Waals surface area contributed by atoms with Gasteiger partial charge in [-0.05, 0) is 31.6 Å². The van der Waals surface area contributed by atoms with Crippen molar-refractivity contribution in [2.24, 2.45) is 5.92 Å². The Morgan fingerprint density at radius 2 is 1.87 bits per heavy atom. The first kappa shape index (κ1) is 15.5. The van der Waals surface area contributed by atoms with Crippen molar-refractivity contribution in [2.45, 2.75) is 74.8 Å². The number of halogens is 3. The molecule has 2 spiro atoms. The fourth-order valence-corrected chi connectivity index (χ4v) is 5.23. The van der Waals surface area contributed by atoms with Gasteiger partial charge >= 0.3 is 12.1 Å². The Bertz CT molecular complexity index is 536. The molecule has 3 atom stereocenters. The molecule has 0 radical (unpaired) electrons. The second-order valence-electron chi connectivity index (χ2n) is 7.63. The predicted molar refractivity (Wildman–Crippen MR) is 77.7 cm³/mol. The van der Waals surface area contributed by atoms with Gasteiger partial charge in [0.2, 0.25) is 0 Å². The van der Waals surface area contributed by atoms with E-state index in [1.807, 2.05) is 12.2 Å². The number of likely N-dealkylation sites (tertiary alicyclic amines) is 1. The van der Waals surface area contributed by atoms with Crippen molar-refractivity contribution in [3.63, 3.8) is 0 Å². The summed E-state index contributed by atoms with van der Waals surface area (Å²) in [7, 11) is 0. The molecule has 3 nitrogen and oxygen atoms in total. The number of ether oxygens (including phenoxy) is 1. The highest BCUT2D eigenvalue weighted by molar-refractivity contribution is 5.83. The highest BCUT2D eigenvalue weighted by Crippen LogP contribution is 2.54. The van der Waals surface area contributed by atoms with E-state index in [9.17, 15) is 18.0 Å². The van der Waals surface area contributed by atoms with Gasteiger partial charge in [-0.25, -0.2) is 0 Å². The minimum absolute atomic E-state index is 0.0174. The predicted octanol–water partition coefficient (Wildman–Crippen LogP) is 3.59. The third-order valence-corrected chi connectivity index (χ3v) is 6.30. The van der Waals surface area contributed by atoms with E-state index in [0.29, 0.717) is 19.3 Å². The smallest absolute Gasteiger partial charge is 0.361 e. The van der Waals surface area contributed by atoms with Crippen LogP contribution >= 0.6 is 0 Å². The van der Waals surface area contributed by atoms with Gasteiger partial charge in [-0.2, -0.15) is 13.2 Å². The molecule has 4 rings (SSSR count). The molecule has 0 N–H and O–H groups in total. The van der Waals surface area contributed by atoms with E-state index in [0.717, 1.165) is 37.0 Å². The Morgan fingerprint density at radius 3 is 2.48 bits per heavy atom. The lowest BCUT2D eigenvalue weighted by Crippen LogP contribution is -2.65. The van der Waals surface area contributed by atoms with Crippen LogP contribution in [0.4, 0.5) is 13.2 Å². The van der Waals surface area contributed by atoms with Crippen molar-refractivity contribution < 1.29 is 22.7 Å². The van der Waals surface area contributed by atoms with Crippen LogP contribution in [0, 0.1) is 5.92 Å². The van der Waals surface area contributed by atoms with Gasteiger partial charge in [-0.3, -0.25) is 4.79 Å². The first-order valence-electron chi connectivity index (χ1n) is 8.61. The second kappa shape index (κ2) is 4.98. The van der Waals surface area contributed by atoms with E-state index in [-0.39, 0.29) is 18.6 Å². The Balaban J connectivity index is 1.71. The van der Waals surface area contributed by atoms with Crippen molar-refractivity contribution >= 4 is 5.91 Å². The third-order valence-electron chi connectivity index (χ3n) is 6.30. The van der Waals surface area contributed by atoms with Crippen LogP contribution < -0.4 is 0 Å². The third kappa shape index (κ3) is 2.32. The quantitative estimate of drug-likeness (QED) is 0.636. The summed E-state index contributed by atoms with van der Waals surface area (Å²) in [5.74, 6) is -1.44. The molecule has 2 bridgehead atoms. The van der Waals surface area contributed by atoms with Crippen molar-refractivity contribution in [2.75, 3.05) is 6.54 Å². The van der Waals surface area contributed by atoms with Crippen molar-refractivity contribution in [3.8, 4) is 0 Å². The molecule has 3 aliphatic heterocycles. The van der Waals surface area contributed by atoms with Crippen LogP contribution in [0.3, 0.4) is 0 Å².